The van der Waals surface area contributed by atoms with Crippen molar-refractivity contribution in [2.24, 2.45) is 0 Å². The van der Waals surface area contributed by atoms with E-state index in [1.165, 1.54) is 11.1 Å². The lowest BCUT2D eigenvalue weighted by molar-refractivity contribution is 0.350. The molecule has 0 saturated carbocycles. The summed E-state index contributed by atoms with van der Waals surface area (Å²) in [6.07, 6.45) is 4.76. The molecule has 126 valence electrons. The van der Waals surface area contributed by atoms with E-state index < -0.39 is 6.17 Å². The van der Waals surface area contributed by atoms with Gasteiger partial charge >= 0.3 is 0 Å². The van der Waals surface area contributed by atoms with Crippen molar-refractivity contribution in [3.05, 3.63) is 53.7 Å². The monoisotopic (exact) mass is 326 g/mol. The Morgan fingerprint density at radius 1 is 1.17 bits per heavy atom. The molecule has 1 unspecified atom stereocenters. The molecule has 24 heavy (non-hydrogen) atoms. The zero-order valence-corrected chi connectivity index (χ0v) is 13.7. The van der Waals surface area contributed by atoms with E-state index in [1.54, 1.807) is 6.20 Å². The van der Waals surface area contributed by atoms with Crippen LogP contribution in [0, 0.1) is 0 Å². The largest absolute Gasteiger partial charge is 0.348 e. The first-order valence-electron chi connectivity index (χ1n) is 8.78. The highest BCUT2D eigenvalue weighted by Crippen LogP contribution is 2.26. The third kappa shape index (κ3) is 3.26. The second kappa shape index (κ2) is 6.85. The molecular formula is C19H23FN4. The zero-order chi connectivity index (χ0) is 16.4. The van der Waals surface area contributed by atoms with Crippen molar-refractivity contribution in [1.82, 2.24) is 15.5 Å². The van der Waals surface area contributed by atoms with Gasteiger partial charge in [-0.1, -0.05) is 24.3 Å². The fraction of sp³-hybridized carbons (Fsp3) is 0.474. The van der Waals surface area contributed by atoms with Gasteiger partial charge in [0.2, 0.25) is 0 Å². The van der Waals surface area contributed by atoms with Crippen LogP contribution in [0.25, 0.3) is 0 Å². The number of hydrogen-bond acceptors (Lipinski definition) is 4. The Labute approximate surface area is 142 Å². The maximum Gasteiger partial charge on any atom is 0.151 e. The normalized spacial score (nSPS) is 26.4. The van der Waals surface area contributed by atoms with Crippen molar-refractivity contribution in [1.29, 1.82) is 0 Å². The second-order valence-corrected chi connectivity index (χ2v) is 6.84. The van der Waals surface area contributed by atoms with E-state index in [1.807, 2.05) is 12.1 Å². The first kappa shape index (κ1) is 15.5. The molecule has 4 rings (SSSR count). The molecule has 0 spiro atoms. The van der Waals surface area contributed by atoms with Gasteiger partial charge in [-0.05, 0) is 42.5 Å². The van der Waals surface area contributed by atoms with Crippen LogP contribution in [0.1, 0.15) is 24.0 Å². The Kier molecular flexibility index (Phi) is 4.43. The number of aryl methyl sites for hydroxylation is 1. The van der Waals surface area contributed by atoms with Crippen LogP contribution in [0.2, 0.25) is 0 Å². The number of hydrogen-bond donors (Lipinski definition) is 1. The second-order valence-electron chi connectivity index (χ2n) is 6.84. The molecule has 5 heteroatoms. The van der Waals surface area contributed by atoms with Crippen LogP contribution >= 0.6 is 0 Å². The molecule has 1 fully saturated rings. The highest BCUT2D eigenvalue weighted by molar-refractivity contribution is 5.40. The highest BCUT2D eigenvalue weighted by atomic mass is 19.1. The summed E-state index contributed by atoms with van der Waals surface area (Å²) in [4.78, 5) is 2.06. The fourth-order valence-corrected chi connectivity index (χ4v) is 3.95. The van der Waals surface area contributed by atoms with Crippen LogP contribution in [-0.4, -0.2) is 41.5 Å². The third-order valence-corrected chi connectivity index (χ3v) is 5.20. The molecule has 4 nitrogen and oxygen atoms in total. The van der Waals surface area contributed by atoms with Gasteiger partial charge in [-0.25, -0.2) is 4.39 Å². The van der Waals surface area contributed by atoms with Gasteiger partial charge in [0.15, 0.2) is 5.82 Å². The van der Waals surface area contributed by atoms with E-state index in [4.69, 9.17) is 0 Å². The minimum Gasteiger partial charge on any atom is -0.348 e. The van der Waals surface area contributed by atoms with E-state index >= 15 is 0 Å². The molecular weight excluding hydrogens is 303 g/mol. The number of anilines is 1. The lowest BCUT2D eigenvalue weighted by Gasteiger charge is -2.30. The molecule has 1 saturated heterocycles. The minimum atomic E-state index is -0.786. The smallest absolute Gasteiger partial charge is 0.151 e. The average molecular weight is 326 g/mol. The van der Waals surface area contributed by atoms with E-state index in [9.17, 15) is 4.39 Å². The van der Waals surface area contributed by atoms with Crippen LogP contribution in [0.5, 0.6) is 0 Å². The lowest BCUT2D eigenvalue weighted by Crippen LogP contribution is -2.44. The van der Waals surface area contributed by atoms with Crippen molar-refractivity contribution in [2.75, 3.05) is 18.0 Å². The summed E-state index contributed by atoms with van der Waals surface area (Å²) in [5, 5.41) is 11.7. The molecule has 0 amide bonds. The number of nitrogens with one attached hydrogen (secondary N) is 1. The molecule has 2 heterocycles. The number of aromatic nitrogens is 2. The van der Waals surface area contributed by atoms with Gasteiger partial charge in [0, 0.05) is 31.2 Å². The number of nitrogens with zero attached hydrogens (tertiary/aromatic N) is 3. The van der Waals surface area contributed by atoms with Crippen LogP contribution in [0.15, 0.2) is 42.6 Å². The minimum absolute atomic E-state index is 0.147. The number of benzene rings is 1. The molecule has 1 aromatic heterocycles. The Morgan fingerprint density at radius 2 is 2.04 bits per heavy atom. The van der Waals surface area contributed by atoms with Crippen LogP contribution in [-0.2, 0) is 12.8 Å². The van der Waals surface area contributed by atoms with Gasteiger partial charge in [0.25, 0.3) is 0 Å². The van der Waals surface area contributed by atoms with Crippen molar-refractivity contribution >= 4 is 5.82 Å². The highest BCUT2D eigenvalue weighted by Gasteiger charge is 2.33. The fourth-order valence-electron chi connectivity index (χ4n) is 3.95. The molecule has 1 N–H and O–H groups in total. The van der Waals surface area contributed by atoms with Gasteiger partial charge in [-0.15, -0.1) is 5.10 Å². The average Bonchev–Trinajstić information content (AvgIpc) is 3.01. The van der Waals surface area contributed by atoms with E-state index in [0.29, 0.717) is 19.0 Å². The summed E-state index contributed by atoms with van der Waals surface area (Å²) < 4.78 is 14.0. The number of alkyl halides is 1. The van der Waals surface area contributed by atoms with Crippen LogP contribution in [0.4, 0.5) is 10.2 Å². The number of fused-ring (bicyclic) bond motifs is 1. The summed E-state index contributed by atoms with van der Waals surface area (Å²) >= 11 is 0. The van der Waals surface area contributed by atoms with Crippen molar-refractivity contribution < 1.29 is 4.39 Å². The maximum absolute atomic E-state index is 14.0. The van der Waals surface area contributed by atoms with Gasteiger partial charge in [0.1, 0.15) is 6.17 Å². The Hall–Kier alpha value is -2.01. The first-order chi connectivity index (χ1) is 11.8. The summed E-state index contributed by atoms with van der Waals surface area (Å²) in [6, 6.07) is 13.1. The topological polar surface area (TPSA) is 41.0 Å². The van der Waals surface area contributed by atoms with Crippen LogP contribution in [0.3, 0.4) is 0 Å². The Bertz CT molecular complexity index is 678. The molecule has 1 aliphatic carbocycles. The molecule has 1 aromatic carbocycles. The molecule has 3 atom stereocenters. The molecule has 0 bridgehead atoms. The van der Waals surface area contributed by atoms with Crippen molar-refractivity contribution in [3.8, 4) is 0 Å². The Balaban J connectivity index is 1.38. The quantitative estimate of drug-likeness (QED) is 0.937. The van der Waals surface area contributed by atoms with Crippen molar-refractivity contribution in [2.45, 2.75) is 43.9 Å². The summed E-state index contributed by atoms with van der Waals surface area (Å²) in [6.45, 7) is 1.21. The molecule has 2 aromatic rings. The molecule has 0 radical (unpaired) electrons. The van der Waals surface area contributed by atoms with Gasteiger partial charge in [-0.3, -0.25) is 0 Å². The zero-order valence-electron chi connectivity index (χ0n) is 13.7. The van der Waals surface area contributed by atoms with E-state index in [2.05, 4.69) is 44.7 Å². The van der Waals surface area contributed by atoms with Crippen molar-refractivity contribution in [3.63, 3.8) is 0 Å². The SMILES string of the molecule is F[C@H]1C[C@@H](CNC2CCc3ccccc3C2)N(c2cccnn2)C1. The predicted octanol–water partition coefficient (Wildman–Crippen LogP) is 2.54. The summed E-state index contributed by atoms with van der Waals surface area (Å²) in [5.41, 5.74) is 2.92. The number of rotatable bonds is 4. The number of halogens is 1. The lowest BCUT2D eigenvalue weighted by atomic mass is 9.88. The van der Waals surface area contributed by atoms with E-state index in [-0.39, 0.29) is 6.04 Å². The summed E-state index contributed by atoms with van der Waals surface area (Å²) in [5.74, 6) is 0.776. The van der Waals surface area contributed by atoms with Gasteiger partial charge < -0.3 is 10.2 Å². The van der Waals surface area contributed by atoms with Gasteiger partial charge in [-0.2, -0.15) is 5.10 Å². The van der Waals surface area contributed by atoms with Crippen LogP contribution < -0.4 is 10.2 Å². The Morgan fingerprint density at radius 3 is 2.88 bits per heavy atom. The maximum atomic E-state index is 14.0. The molecule has 1 aliphatic heterocycles. The predicted molar refractivity (Wildman–Crippen MR) is 92.9 cm³/mol. The standard InChI is InChI=1S/C19H23FN4/c20-16-11-18(24(13-16)19-6-3-9-22-23-19)12-21-17-8-7-14-4-1-2-5-15(14)10-17/h1-6,9,16-18,21H,7-8,10-13H2/t16-,17?,18-/m0/s1. The summed E-state index contributed by atoms with van der Waals surface area (Å²) in [7, 11) is 0. The van der Waals surface area contributed by atoms with Gasteiger partial charge in [0.05, 0.1) is 6.54 Å². The van der Waals surface area contributed by atoms with E-state index in [0.717, 1.165) is 31.6 Å². The first-order valence-corrected chi connectivity index (χ1v) is 8.78. The third-order valence-electron chi connectivity index (χ3n) is 5.20. The molecule has 2 aliphatic rings.